The molecule has 0 aliphatic rings. The minimum atomic E-state index is -1.01. The molecule has 1 N–H and O–H groups in total. The number of para-hydroxylation sites is 1. The summed E-state index contributed by atoms with van der Waals surface area (Å²) in [6.07, 6.45) is 0.621. The molecule has 0 amide bonds. The van der Waals surface area contributed by atoms with Gasteiger partial charge in [0, 0.05) is 0 Å². The summed E-state index contributed by atoms with van der Waals surface area (Å²) in [4.78, 5) is 10.8. The normalized spacial score (nSPS) is 12.1. The molecule has 1 atom stereocenters. The first-order valence-corrected chi connectivity index (χ1v) is 4.71. The molecule has 0 heterocycles. The van der Waals surface area contributed by atoms with Crippen LogP contribution in [0, 0.1) is 0 Å². The Morgan fingerprint density at radius 3 is 2.79 bits per heavy atom. The van der Waals surface area contributed by atoms with Gasteiger partial charge in [-0.2, -0.15) is 0 Å². The summed E-state index contributed by atoms with van der Waals surface area (Å²) in [5.41, 5.74) is -0.359. The summed E-state index contributed by atoms with van der Waals surface area (Å²) in [6, 6.07) is 6.43. The minimum Gasteiger partial charge on any atom is -0.478 e. The maximum Gasteiger partial charge on any atom is 0.339 e. The molecule has 0 fully saturated rings. The Balaban J connectivity index is 2.90. The largest absolute Gasteiger partial charge is 0.478 e. The minimum absolute atomic E-state index is 0.131. The number of carboxylic acids is 1. The zero-order valence-electron chi connectivity index (χ0n) is 7.74. The third kappa shape index (κ3) is 2.64. The van der Waals surface area contributed by atoms with Crippen molar-refractivity contribution < 1.29 is 14.6 Å². The van der Waals surface area contributed by atoms with Crippen molar-refractivity contribution in [1.29, 1.82) is 0 Å². The second-order valence-electron chi connectivity index (χ2n) is 2.74. The third-order valence-electron chi connectivity index (χ3n) is 1.69. The molecule has 1 aromatic carbocycles. The third-order valence-corrected chi connectivity index (χ3v) is 2.09. The molecular formula is C10H11ClO3. The summed E-state index contributed by atoms with van der Waals surface area (Å²) in [5, 5.41) is 8.83. The maximum atomic E-state index is 10.8. The van der Waals surface area contributed by atoms with Crippen LogP contribution < -0.4 is 4.74 Å². The summed E-state index contributed by atoms with van der Waals surface area (Å²) in [7, 11) is 0. The van der Waals surface area contributed by atoms with Gasteiger partial charge >= 0.3 is 5.97 Å². The first-order chi connectivity index (χ1) is 6.65. The van der Waals surface area contributed by atoms with Crippen molar-refractivity contribution in [3.8, 4) is 5.75 Å². The molecule has 0 saturated carbocycles. The summed E-state index contributed by atoms with van der Waals surface area (Å²) < 4.78 is 5.24. The van der Waals surface area contributed by atoms with Gasteiger partial charge in [-0.25, -0.2) is 4.79 Å². The van der Waals surface area contributed by atoms with E-state index in [4.69, 9.17) is 21.4 Å². The zero-order valence-corrected chi connectivity index (χ0v) is 8.49. The Bertz CT molecular complexity index is 325. The molecule has 0 aliphatic heterocycles. The van der Waals surface area contributed by atoms with E-state index < -0.39 is 11.5 Å². The first-order valence-electron chi connectivity index (χ1n) is 4.28. The van der Waals surface area contributed by atoms with Crippen molar-refractivity contribution in [2.75, 3.05) is 0 Å². The summed E-state index contributed by atoms with van der Waals surface area (Å²) in [5.74, 6) is -0.706. The Labute approximate surface area is 87.3 Å². The fourth-order valence-corrected chi connectivity index (χ4v) is 1.06. The van der Waals surface area contributed by atoms with E-state index in [2.05, 4.69) is 0 Å². The van der Waals surface area contributed by atoms with E-state index in [0.717, 1.165) is 0 Å². The Morgan fingerprint density at radius 1 is 1.57 bits per heavy atom. The Morgan fingerprint density at radius 2 is 2.21 bits per heavy atom. The zero-order chi connectivity index (χ0) is 10.6. The molecule has 3 nitrogen and oxygen atoms in total. The summed E-state index contributed by atoms with van der Waals surface area (Å²) >= 11 is 5.76. The monoisotopic (exact) mass is 214 g/mol. The molecule has 4 heteroatoms. The average Bonchev–Trinajstić information content (AvgIpc) is 2.18. The fourth-order valence-electron chi connectivity index (χ4n) is 0.967. The van der Waals surface area contributed by atoms with Crippen molar-refractivity contribution in [2.24, 2.45) is 0 Å². The highest BCUT2D eigenvalue weighted by Crippen LogP contribution is 2.20. The molecule has 1 aromatic rings. The van der Waals surface area contributed by atoms with Gasteiger partial charge in [0.25, 0.3) is 0 Å². The van der Waals surface area contributed by atoms with Crippen LogP contribution in [-0.4, -0.2) is 16.6 Å². The molecule has 1 unspecified atom stereocenters. The predicted octanol–water partition coefficient (Wildman–Crippen LogP) is 2.74. The molecule has 0 bridgehead atoms. The van der Waals surface area contributed by atoms with Gasteiger partial charge < -0.3 is 9.84 Å². The number of halogens is 1. The second-order valence-corrected chi connectivity index (χ2v) is 3.22. The van der Waals surface area contributed by atoms with Crippen LogP contribution in [0.4, 0.5) is 0 Å². The van der Waals surface area contributed by atoms with Crippen LogP contribution in [0.25, 0.3) is 0 Å². The lowest BCUT2D eigenvalue weighted by atomic mass is 10.2. The molecule has 14 heavy (non-hydrogen) atoms. The number of carboxylic acid groups (broad SMARTS) is 1. The van der Waals surface area contributed by atoms with E-state index in [1.807, 2.05) is 6.92 Å². The van der Waals surface area contributed by atoms with Gasteiger partial charge in [-0.1, -0.05) is 30.7 Å². The van der Waals surface area contributed by atoms with Crippen LogP contribution in [-0.2, 0) is 0 Å². The maximum absolute atomic E-state index is 10.8. The number of benzene rings is 1. The van der Waals surface area contributed by atoms with Crippen molar-refractivity contribution in [2.45, 2.75) is 18.9 Å². The molecule has 0 aliphatic carbocycles. The first kappa shape index (κ1) is 10.9. The number of hydrogen-bond donors (Lipinski definition) is 1. The average molecular weight is 215 g/mol. The molecule has 76 valence electrons. The Hall–Kier alpha value is -1.22. The van der Waals surface area contributed by atoms with Gasteiger partial charge in [0.15, 0.2) is 5.56 Å². The van der Waals surface area contributed by atoms with Crippen LogP contribution in [0.5, 0.6) is 5.75 Å². The summed E-state index contributed by atoms with van der Waals surface area (Å²) in [6.45, 7) is 1.86. The van der Waals surface area contributed by atoms with Gasteiger partial charge in [0.05, 0.1) is 0 Å². The van der Waals surface area contributed by atoms with Gasteiger partial charge in [-0.3, -0.25) is 0 Å². The second kappa shape index (κ2) is 4.86. The molecular weight excluding hydrogens is 204 g/mol. The van der Waals surface area contributed by atoms with Crippen molar-refractivity contribution in [3.05, 3.63) is 29.8 Å². The van der Waals surface area contributed by atoms with E-state index >= 15 is 0 Å². The Kier molecular flexibility index (Phi) is 3.77. The van der Waals surface area contributed by atoms with E-state index in [0.29, 0.717) is 12.2 Å². The predicted molar refractivity (Wildman–Crippen MR) is 54.0 cm³/mol. The smallest absolute Gasteiger partial charge is 0.339 e. The van der Waals surface area contributed by atoms with E-state index in [9.17, 15) is 4.79 Å². The van der Waals surface area contributed by atoms with Crippen LogP contribution in [0.15, 0.2) is 24.3 Å². The lowest BCUT2D eigenvalue weighted by Crippen LogP contribution is -2.10. The standard InChI is InChI=1S/C10H11ClO3/c1-2-9(11)14-8-6-4-3-5-7(8)10(12)13/h3-6,9H,2H2,1H3,(H,12,13). The molecule has 0 spiro atoms. The number of ether oxygens (including phenoxy) is 1. The number of carbonyl (C=O) groups is 1. The van der Waals surface area contributed by atoms with E-state index in [1.54, 1.807) is 18.2 Å². The van der Waals surface area contributed by atoms with Crippen molar-refractivity contribution in [1.82, 2.24) is 0 Å². The van der Waals surface area contributed by atoms with Crippen LogP contribution in [0.1, 0.15) is 23.7 Å². The number of alkyl halides is 1. The van der Waals surface area contributed by atoms with Crippen LogP contribution in [0.2, 0.25) is 0 Å². The lowest BCUT2D eigenvalue weighted by molar-refractivity contribution is 0.0691. The van der Waals surface area contributed by atoms with E-state index in [1.165, 1.54) is 6.07 Å². The number of rotatable bonds is 4. The van der Waals surface area contributed by atoms with Crippen molar-refractivity contribution >= 4 is 17.6 Å². The lowest BCUT2D eigenvalue weighted by Gasteiger charge is -2.12. The molecule has 0 radical (unpaired) electrons. The fraction of sp³-hybridized carbons (Fsp3) is 0.300. The van der Waals surface area contributed by atoms with Crippen LogP contribution >= 0.6 is 11.6 Å². The van der Waals surface area contributed by atoms with E-state index in [-0.39, 0.29) is 5.56 Å². The quantitative estimate of drug-likeness (QED) is 0.784. The molecule has 0 aromatic heterocycles. The molecule has 1 rings (SSSR count). The van der Waals surface area contributed by atoms with Gasteiger partial charge in [-0.15, -0.1) is 0 Å². The van der Waals surface area contributed by atoms with Crippen LogP contribution in [0.3, 0.4) is 0 Å². The van der Waals surface area contributed by atoms with Gasteiger partial charge in [0.2, 0.25) is 0 Å². The van der Waals surface area contributed by atoms with Gasteiger partial charge in [0.1, 0.15) is 11.3 Å². The van der Waals surface area contributed by atoms with Gasteiger partial charge in [-0.05, 0) is 18.6 Å². The highest BCUT2D eigenvalue weighted by molar-refractivity contribution is 6.19. The highest BCUT2D eigenvalue weighted by Gasteiger charge is 2.12. The highest BCUT2D eigenvalue weighted by atomic mass is 35.5. The van der Waals surface area contributed by atoms with Crippen molar-refractivity contribution in [3.63, 3.8) is 0 Å². The number of aromatic carboxylic acids is 1. The SMILES string of the molecule is CCC(Cl)Oc1ccccc1C(=O)O. The molecule has 0 saturated heterocycles. The number of hydrogen-bond acceptors (Lipinski definition) is 2. The topological polar surface area (TPSA) is 46.5 Å².